The number of anilines is 1. The van der Waals surface area contributed by atoms with Gasteiger partial charge in [-0.15, -0.1) is 6.58 Å². The molecule has 0 aliphatic carbocycles. The molecule has 2 heterocycles. The van der Waals surface area contributed by atoms with Crippen LogP contribution in [0.3, 0.4) is 0 Å². The van der Waals surface area contributed by atoms with Crippen LogP contribution >= 0.6 is 0 Å². The van der Waals surface area contributed by atoms with Crippen molar-refractivity contribution in [1.29, 1.82) is 0 Å². The first-order valence-electron chi connectivity index (χ1n) is 6.04. The molecule has 2 aromatic rings. The summed E-state index contributed by atoms with van der Waals surface area (Å²) in [5.41, 5.74) is 2.00. The number of hydrogen-bond acceptors (Lipinski definition) is 2. The van der Waals surface area contributed by atoms with E-state index in [2.05, 4.69) is 11.7 Å². The number of amides is 1. The third kappa shape index (κ3) is 1.53. The Morgan fingerprint density at radius 2 is 2.33 bits per heavy atom. The quantitative estimate of drug-likeness (QED) is 0.755. The number of carbonyl (C=O) groups excluding carboxylic acids is 1. The lowest BCUT2D eigenvalue weighted by Gasteiger charge is -2.17. The van der Waals surface area contributed by atoms with Crippen molar-refractivity contribution in [3.05, 3.63) is 37.1 Å². The van der Waals surface area contributed by atoms with Crippen LogP contribution in [-0.4, -0.2) is 22.2 Å². The minimum Gasteiger partial charge on any atom is -0.311 e. The number of hydrogen-bond donors (Lipinski definition) is 0. The van der Waals surface area contributed by atoms with E-state index in [-0.39, 0.29) is 11.8 Å². The molecule has 1 aromatic carbocycles. The van der Waals surface area contributed by atoms with Gasteiger partial charge in [-0.3, -0.25) is 9.48 Å². The third-order valence-electron chi connectivity index (χ3n) is 3.55. The summed E-state index contributed by atoms with van der Waals surface area (Å²) in [6, 6.07) is 5.96. The topological polar surface area (TPSA) is 38.1 Å². The number of aromatic nitrogens is 2. The van der Waals surface area contributed by atoms with Gasteiger partial charge in [-0.1, -0.05) is 12.1 Å². The second kappa shape index (κ2) is 3.98. The van der Waals surface area contributed by atoms with Crippen molar-refractivity contribution >= 4 is 22.5 Å². The molecule has 1 aliphatic heterocycles. The van der Waals surface area contributed by atoms with Crippen LogP contribution in [0.1, 0.15) is 6.42 Å². The molecular weight excluding hydrogens is 226 g/mol. The van der Waals surface area contributed by atoms with E-state index in [9.17, 15) is 4.79 Å². The lowest BCUT2D eigenvalue weighted by Crippen LogP contribution is -2.24. The number of benzene rings is 1. The fraction of sp³-hybridized carbons (Fsp3) is 0.286. The van der Waals surface area contributed by atoms with Gasteiger partial charge in [-0.2, -0.15) is 5.10 Å². The average Bonchev–Trinajstić information content (AvgIpc) is 2.93. The van der Waals surface area contributed by atoms with Crippen LogP contribution in [0.5, 0.6) is 0 Å². The van der Waals surface area contributed by atoms with Gasteiger partial charge in [-0.25, -0.2) is 0 Å². The van der Waals surface area contributed by atoms with Crippen molar-refractivity contribution in [2.24, 2.45) is 13.0 Å². The van der Waals surface area contributed by atoms with Crippen molar-refractivity contribution in [2.75, 3.05) is 11.4 Å². The summed E-state index contributed by atoms with van der Waals surface area (Å²) in [7, 11) is 1.91. The van der Waals surface area contributed by atoms with E-state index in [1.807, 2.05) is 47.1 Å². The summed E-state index contributed by atoms with van der Waals surface area (Å²) >= 11 is 0. The first-order chi connectivity index (χ1) is 8.70. The molecular formula is C14H15N3O. The van der Waals surface area contributed by atoms with Crippen LogP contribution in [0.2, 0.25) is 0 Å². The Morgan fingerprint density at radius 1 is 1.50 bits per heavy atom. The van der Waals surface area contributed by atoms with Crippen LogP contribution in [0.25, 0.3) is 10.9 Å². The monoisotopic (exact) mass is 241 g/mol. The zero-order valence-electron chi connectivity index (χ0n) is 10.3. The Labute approximate surface area is 106 Å². The molecule has 0 bridgehead atoms. The predicted molar refractivity (Wildman–Crippen MR) is 71.4 cm³/mol. The molecule has 1 unspecified atom stereocenters. The lowest BCUT2D eigenvalue weighted by molar-refractivity contribution is -0.117. The van der Waals surface area contributed by atoms with Gasteiger partial charge >= 0.3 is 0 Å². The maximum atomic E-state index is 12.0. The molecule has 1 atom stereocenters. The number of nitrogens with zero attached hydrogens (tertiary/aromatic N) is 3. The highest BCUT2D eigenvalue weighted by Crippen LogP contribution is 2.31. The van der Waals surface area contributed by atoms with E-state index in [1.54, 1.807) is 0 Å². The van der Waals surface area contributed by atoms with Gasteiger partial charge in [0.1, 0.15) is 0 Å². The van der Waals surface area contributed by atoms with Crippen LogP contribution in [-0.2, 0) is 11.8 Å². The number of rotatable bonds is 2. The summed E-state index contributed by atoms with van der Waals surface area (Å²) in [5.74, 6) is 0.417. The molecule has 3 rings (SSSR count). The van der Waals surface area contributed by atoms with E-state index in [4.69, 9.17) is 0 Å². The van der Waals surface area contributed by atoms with Gasteiger partial charge in [0.15, 0.2) is 0 Å². The molecule has 1 amide bonds. The highest BCUT2D eigenvalue weighted by Gasteiger charge is 2.29. The summed E-state index contributed by atoms with van der Waals surface area (Å²) in [6.45, 7) is 4.49. The molecule has 1 aliphatic rings. The van der Waals surface area contributed by atoms with E-state index in [1.165, 1.54) is 0 Å². The second-order valence-corrected chi connectivity index (χ2v) is 4.68. The van der Waals surface area contributed by atoms with Gasteiger partial charge in [0.25, 0.3) is 0 Å². The lowest BCUT2D eigenvalue weighted by atomic mass is 10.1. The van der Waals surface area contributed by atoms with E-state index < -0.39 is 0 Å². The first-order valence-corrected chi connectivity index (χ1v) is 6.04. The van der Waals surface area contributed by atoms with Crippen molar-refractivity contribution in [2.45, 2.75) is 6.42 Å². The number of fused-ring (bicyclic) bond motifs is 1. The molecule has 92 valence electrons. The Hall–Kier alpha value is -2.10. The largest absolute Gasteiger partial charge is 0.311 e. The zero-order valence-corrected chi connectivity index (χ0v) is 10.3. The molecule has 0 spiro atoms. The summed E-state index contributed by atoms with van der Waals surface area (Å²) in [5, 5.41) is 5.28. The molecule has 0 radical (unpaired) electrons. The molecule has 1 aromatic heterocycles. The van der Waals surface area contributed by atoms with Crippen molar-refractivity contribution in [3.8, 4) is 0 Å². The highest BCUT2D eigenvalue weighted by atomic mass is 16.2. The van der Waals surface area contributed by atoms with Crippen LogP contribution in [0, 0.1) is 5.92 Å². The predicted octanol–water partition coefficient (Wildman–Crippen LogP) is 2.11. The zero-order chi connectivity index (χ0) is 12.7. The van der Waals surface area contributed by atoms with E-state index >= 15 is 0 Å². The van der Waals surface area contributed by atoms with Gasteiger partial charge in [-0.05, 0) is 12.1 Å². The van der Waals surface area contributed by atoms with Crippen LogP contribution < -0.4 is 4.90 Å². The summed E-state index contributed by atoms with van der Waals surface area (Å²) < 4.78 is 1.82. The Morgan fingerprint density at radius 3 is 3.06 bits per heavy atom. The van der Waals surface area contributed by atoms with E-state index in [0.29, 0.717) is 6.42 Å². The molecule has 0 saturated carbocycles. The third-order valence-corrected chi connectivity index (χ3v) is 3.55. The minimum absolute atomic E-state index is 0.163. The number of carbonyl (C=O) groups is 1. The second-order valence-electron chi connectivity index (χ2n) is 4.68. The molecule has 4 heteroatoms. The molecule has 1 fully saturated rings. The minimum atomic E-state index is 0.163. The molecule has 4 nitrogen and oxygen atoms in total. The maximum absolute atomic E-state index is 12.0. The summed E-state index contributed by atoms with van der Waals surface area (Å²) in [4.78, 5) is 13.9. The Bertz CT molecular complexity index is 629. The fourth-order valence-corrected chi connectivity index (χ4v) is 2.52. The van der Waals surface area contributed by atoms with Crippen molar-refractivity contribution in [3.63, 3.8) is 0 Å². The molecule has 18 heavy (non-hydrogen) atoms. The number of aryl methyl sites for hydroxylation is 1. The fourth-order valence-electron chi connectivity index (χ4n) is 2.52. The summed E-state index contributed by atoms with van der Waals surface area (Å²) in [6.07, 6.45) is 4.24. The van der Waals surface area contributed by atoms with Crippen LogP contribution in [0.15, 0.2) is 37.1 Å². The molecule has 0 N–H and O–H groups in total. The maximum Gasteiger partial charge on any atom is 0.227 e. The van der Waals surface area contributed by atoms with Crippen molar-refractivity contribution in [1.82, 2.24) is 9.78 Å². The smallest absolute Gasteiger partial charge is 0.227 e. The van der Waals surface area contributed by atoms with Gasteiger partial charge in [0.05, 0.1) is 17.4 Å². The molecule has 1 saturated heterocycles. The van der Waals surface area contributed by atoms with Crippen LogP contribution in [0.4, 0.5) is 5.69 Å². The Kier molecular flexibility index (Phi) is 2.44. The van der Waals surface area contributed by atoms with Crippen molar-refractivity contribution < 1.29 is 4.79 Å². The highest BCUT2D eigenvalue weighted by molar-refractivity contribution is 6.04. The standard InChI is InChI=1S/C14H15N3O/c1-3-10-7-14(18)17(9-10)13-6-4-5-12-11(13)8-15-16(12)2/h3-6,8,10H,1,7,9H2,2H3. The van der Waals surface area contributed by atoms with Gasteiger partial charge in [0.2, 0.25) is 5.91 Å². The average molecular weight is 241 g/mol. The first kappa shape index (κ1) is 11.0. The normalized spacial score (nSPS) is 19.7. The van der Waals surface area contributed by atoms with Gasteiger partial charge in [0, 0.05) is 31.3 Å². The SMILES string of the molecule is C=CC1CC(=O)N(c2cccc3c2cnn3C)C1. The van der Waals surface area contributed by atoms with E-state index in [0.717, 1.165) is 23.1 Å². The van der Waals surface area contributed by atoms with Gasteiger partial charge < -0.3 is 4.90 Å². The Balaban J connectivity index is 2.09.